The van der Waals surface area contributed by atoms with E-state index in [0.717, 1.165) is 18.0 Å². The topological polar surface area (TPSA) is 86.8 Å². The van der Waals surface area contributed by atoms with Crippen molar-refractivity contribution in [1.29, 1.82) is 0 Å². The van der Waals surface area contributed by atoms with E-state index < -0.39 is 10.0 Å². The van der Waals surface area contributed by atoms with Gasteiger partial charge < -0.3 is 4.90 Å². The van der Waals surface area contributed by atoms with Crippen LogP contribution < -0.4 is 9.62 Å². The fraction of sp³-hybridized carbons (Fsp3) is 0.579. The quantitative estimate of drug-likeness (QED) is 0.742. The zero-order valence-electron chi connectivity index (χ0n) is 15.8. The van der Waals surface area contributed by atoms with Gasteiger partial charge in [0.15, 0.2) is 0 Å². The maximum absolute atomic E-state index is 12.5. The second-order valence-electron chi connectivity index (χ2n) is 7.72. The molecule has 7 nitrogen and oxygen atoms in total. The van der Waals surface area contributed by atoms with Crippen molar-refractivity contribution in [2.24, 2.45) is 11.8 Å². The Labute approximate surface area is 160 Å². The number of carbonyl (C=O) groups is 2. The lowest BCUT2D eigenvalue weighted by Crippen LogP contribution is -2.42. The number of amides is 2. The summed E-state index contributed by atoms with van der Waals surface area (Å²) >= 11 is 0. The van der Waals surface area contributed by atoms with Crippen LogP contribution in [0.3, 0.4) is 0 Å². The number of benzene rings is 1. The van der Waals surface area contributed by atoms with E-state index in [4.69, 9.17) is 0 Å². The van der Waals surface area contributed by atoms with Crippen molar-refractivity contribution < 1.29 is 18.0 Å². The number of nitrogens with zero attached hydrogens (tertiary/aromatic N) is 2. The molecule has 2 aliphatic heterocycles. The number of carbonyl (C=O) groups excluding carboxylic acids is 2. The number of imide groups is 1. The molecule has 2 saturated heterocycles. The molecule has 2 heterocycles. The van der Waals surface area contributed by atoms with Crippen LogP contribution in [-0.2, 0) is 19.6 Å². The maximum atomic E-state index is 12.5. The van der Waals surface area contributed by atoms with Gasteiger partial charge in [0, 0.05) is 39.0 Å². The number of rotatable bonds is 6. The summed E-state index contributed by atoms with van der Waals surface area (Å²) < 4.78 is 27.6. The zero-order chi connectivity index (χ0) is 19.6. The molecule has 0 spiro atoms. The first-order chi connectivity index (χ1) is 12.8. The second-order valence-corrected chi connectivity index (χ2v) is 9.49. The van der Waals surface area contributed by atoms with E-state index >= 15 is 0 Å². The normalized spacial score (nSPS) is 24.6. The summed E-state index contributed by atoms with van der Waals surface area (Å²) in [5.74, 6) is 0.764. The van der Waals surface area contributed by atoms with Crippen LogP contribution in [-0.4, -0.2) is 51.3 Å². The van der Waals surface area contributed by atoms with Gasteiger partial charge in [0.25, 0.3) is 0 Å². The first kappa shape index (κ1) is 20.0. The molecule has 2 fully saturated rings. The highest BCUT2D eigenvalue weighted by molar-refractivity contribution is 7.89. The van der Waals surface area contributed by atoms with E-state index in [0.29, 0.717) is 30.6 Å². The maximum Gasteiger partial charge on any atom is 0.240 e. The number of piperidine rings is 1. The van der Waals surface area contributed by atoms with E-state index in [1.165, 1.54) is 30.7 Å². The first-order valence-corrected chi connectivity index (χ1v) is 10.9. The minimum absolute atomic E-state index is 0.130. The Balaban J connectivity index is 1.58. The first-order valence-electron chi connectivity index (χ1n) is 9.44. The van der Waals surface area contributed by atoms with Crippen LogP contribution in [0.1, 0.15) is 33.1 Å². The number of likely N-dealkylation sites (tertiary alicyclic amines) is 1. The summed E-state index contributed by atoms with van der Waals surface area (Å²) in [6.07, 6.45) is 1.62. The molecule has 1 aromatic rings. The van der Waals surface area contributed by atoms with Gasteiger partial charge in [-0.15, -0.1) is 0 Å². The summed E-state index contributed by atoms with van der Waals surface area (Å²) in [7, 11) is -3.62. The molecule has 1 aromatic carbocycles. The number of hydrogen-bond acceptors (Lipinski definition) is 5. The molecule has 148 valence electrons. The lowest BCUT2D eigenvalue weighted by atomic mass is 9.92. The van der Waals surface area contributed by atoms with Gasteiger partial charge in [0.05, 0.1) is 10.6 Å². The molecule has 2 atom stereocenters. The van der Waals surface area contributed by atoms with E-state index in [9.17, 15) is 18.0 Å². The SMILES string of the molecule is CC1CC(C)CN(CCNS(=O)(=O)c2ccc(N3C(=O)CCC3=O)cc2)C1. The Hall–Kier alpha value is -1.77. The fourth-order valence-corrected chi connectivity index (χ4v) is 5.06. The van der Waals surface area contributed by atoms with E-state index in [1.807, 2.05) is 0 Å². The van der Waals surface area contributed by atoms with Crippen LogP contribution >= 0.6 is 0 Å². The molecule has 2 amide bonds. The van der Waals surface area contributed by atoms with Crippen molar-refractivity contribution in [1.82, 2.24) is 9.62 Å². The Morgan fingerprint density at radius 2 is 1.56 bits per heavy atom. The van der Waals surface area contributed by atoms with Crippen molar-refractivity contribution in [2.45, 2.75) is 38.0 Å². The summed E-state index contributed by atoms with van der Waals surface area (Å²) in [6, 6.07) is 5.87. The van der Waals surface area contributed by atoms with E-state index in [2.05, 4.69) is 23.5 Å². The van der Waals surface area contributed by atoms with E-state index in [-0.39, 0.29) is 29.6 Å². The van der Waals surface area contributed by atoms with Gasteiger partial charge in [-0.3, -0.25) is 14.5 Å². The van der Waals surface area contributed by atoms with Gasteiger partial charge in [-0.25, -0.2) is 13.1 Å². The minimum Gasteiger partial charge on any atom is -0.302 e. The van der Waals surface area contributed by atoms with Gasteiger partial charge in [-0.05, 0) is 42.5 Å². The highest BCUT2D eigenvalue weighted by atomic mass is 32.2. The summed E-state index contributed by atoms with van der Waals surface area (Å²) in [5, 5.41) is 0. The highest BCUT2D eigenvalue weighted by Crippen LogP contribution is 2.24. The van der Waals surface area contributed by atoms with Crippen LogP contribution in [0.2, 0.25) is 0 Å². The Morgan fingerprint density at radius 1 is 1.00 bits per heavy atom. The molecule has 3 rings (SSSR count). The van der Waals surface area contributed by atoms with Crippen LogP contribution in [0.15, 0.2) is 29.2 Å². The largest absolute Gasteiger partial charge is 0.302 e. The molecular weight excluding hydrogens is 366 g/mol. The summed E-state index contributed by atoms with van der Waals surface area (Å²) in [5.41, 5.74) is 0.415. The Morgan fingerprint density at radius 3 is 2.11 bits per heavy atom. The molecule has 1 N–H and O–H groups in total. The van der Waals surface area contributed by atoms with Crippen molar-refractivity contribution in [2.75, 3.05) is 31.1 Å². The molecule has 0 radical (unpaired) electrons. The predicted molar refractivity (Wildman–Crippen MR) is 103 cm³/mol. The Bertz CT molecular complexity index is 781. The highest BCUT2D eigenvalue weighted by Gasteiger charge is 2.30. The lowest BCUT2D eigenvalue weighted by molar-refractivity contribution is -0.121. The molecule has 0 aromatic heterocycles. The third-order valence-corrected chi connectivity index (χ3v) is 6.60. The van der Waals surface area contributed by atoms with Gasteiger partial charge >= 0.3 is 0 Å². The van der Waals surface area contributed by atoms with Crippen LogP contribution in [0, 0.1) is 11.8 Å². The van der Waals surface area contributed by atoms with Crippen LogP contribution in [0.25, 0.3) is 0 Å². The number of sulfonamides is 1. The minimum atomic E-state index is -3.62. The van der Waals surface area contributed by atoms with Gasteiger partial charge in [0.2, 0.25) is 21.8 Å². The van der Waals surface area contributed by atoms with Crippen molar-refractivity contribution in [3.63, 3.8) is 0 Å². The lowest BCUT2D eigenvalue weighted by Gasteiger charge is -2.34. The average molecular weight is 394 g/mol. The molecule has 27 heavy (non-hydrogen) atoms. The number of nitrogens with one attached hydrogen (secondary N) is 1. The van der Waals surface area contributed by atoms with Crippen molar-refractivity contribution >= 4 is 27.5 Å². The smallest absolute Gasteiger partial charge is 0.240 e. The molecule has 0 bridgehead atoms. The van der Waals surface area contributed by atoms with Gasteiger partial charge in [0.1, 0.15) is 0 Å². The third-order valence-electron chi connectivity index (χ3n) is 5.12. The van der Waals surface area contributed by atoms with Gasteiger partial charge in [-0.1, -0.05) is 13.8 Å². The zero-order valence-corrected chi connectivity index (χ0v) is 16.7. The monoisotopic (exact) mass is 393 g/mol. The molecule has 0 saturated carbocycles. The van der Waals surface area contributed by atoms with Crippen LogP contribution in [0.5, 0.6) is 0 Å². The number of hydrogen-bond donors (Lipinski definition) is 1. The molecular formula is C19H27N3O4S. The Kier molecular flexibility index (Phi) is 5.98. The van der Waals surface area contributed by atoms with E-state index in [1.54, 1.807) is 0 Å². The van der Waals surface area contributed by atoms with Crippen molar-refractivity contribution in [3.8, 4) is 0 Å². The summed E-state index contributed by atoms with van der Waals surface area (Å²) in [4.78, 5) is 27.1. The average Bonchev–Trinajstić information content (AvgIpc) is 2.92. The predicted octanol–water partition coefficient (Wildman–Crippen LogP) is 1.60. The molecule has 2 aliphatic rings. The third kappa shape index (κ3) is 4.75. The van der Waals surface area contributed by atoms with Crippen LogP contribution in [0.4, 0.5) is 5.69 Å². The second kappa shape index (κ2) is 8.08. The van der Waals surface area contributed by atoms with Gasteiger partial charge in [-0.2, -0.15) is 0 Å². The molecule has 2 unspecified atom stereocenters. The molecule has 8 heteroatoms. The fourth-order valence-electron chi connectivity index (χ4n) is 4.03. The standard InChI is InChI=1S/C19H27N3O4S/c1-14-11-15(2)13-21(12-14)10-9-20-27(25,26)17-5-3-16(4-6-17)22-18(23)7-8-19(22)24/h3-6,14-15,20H,7-13H2,1-2H3. The van der Waals surface area contributed by atoms with Crippen molar-refractivity contribution in [3.05, 3.63) is 24.3 Å². The number of anilines is 1. The molecule has 0 aliphatic carbocycles. The summed E-state index contributed by atoms with van der Waals surface area (Å²) in [6.45, 7) is 7.49.